The topological polar surface area (TPSA) is 110 Å². The maximum atomic E-state index is 11.3. The van der Waals surface area contributed by atoms with Gasteiger partial charge in [-0.3, -0.25) is 10.5 Å². The Morgan fingerprint density at radius 2 is 1.89 bits per heavy atom. The van der Waals surface area contributed by atoms with E-state index in [-0.39, 0.29) is 13.0 Å². The minimum absolute atomic E-state index is 0.107. The van der Waals surface area contributed by atoms with Gasteiger partial charge >= 0.3 is 11.9 Å². The van der Waals surface area contributed by atoms with E-state index >= 15 is 0 Å². The minimum Gasteiger partial charge on any atom is -0.478 e. The van der Waals surface area contributed by atoms with Crippen molar-refractivity contribution >= 4 is 11.9 Å². The molecular weight excluding hydrogens is 238 g/mol. The maximum Gasteiger partial charge on any atom is 0.351 e. The van der Waals surface area contributed by atoms with Crippen LogP contribution in [0.1, 0.15) is 18.4 Å². The fraction of sp³-hybridized carbons (Fsp3) is 0.333. The van der Waals surface area contributed by atoms with Crippen molar-refractivity contribution < 1.29 is 24.5 Å². The van der Waals surface area contributed by atoms with Crippen molar-refractivity contribution in [2.45, 2.75) is 25.2 Å². The first kappa shape index (κ1) is 14.1. The predicted octanol–water partition coefficient (Wildman–Crippen LogP) is 0.242. The van der Waals surface area contributed by atoms with Gasteiger partial charge in [-0.05, 0) is 5.56 Å². The van der Waals surface area contributed by atoms with Crippen molar-refractivity contribution in [3.63, 3.8) is 0 Å². The molecule has 98 valence electrons. The van der Waals surface area contributed by atoms with Crippen LogP contribution in [-0.4, -0.2) is 27.9 Å². The molecule has 0 saturated carbocycles. The van der Waals surface area contributed by atoms with Gasteiger partial charge in [0.25, 0.3) is 0 Å². The van der Waals surface area contributed by atoms with Crippen LogP contribution in [0.25, 0.3) is 0 Å². The molecule has 1 rings (SSSR count). The first-order chi connectivity index (χ1) is 8.42. The van der Waals surface area contributed by atoms with E-state index in [0.717, 1.165) is 5.56 Å². The summed E-state index contributed by atoms with van der Waals surface area (Å²) in [6.45, 7) is 0.107. The molecule has 0 radical (unpaired) electrons. The molecule has 6 nitrogen and oxygen atoms in total. The molecule has 18 heavy (non-hydrogen) atoms. The smallest absolute Gasteiger partial charge is 0.351 e. The standard InChI is InChI=1S/C12H15NO5/c13-12(17,11(15)16)7-6-10(14)18-8-9-4-2-1-3-5-9/h1-5,17H,6-8,13H2,(H,15,16)/t12-/m1/s1. The number of carboxylic acids is 1. The number of carbonyl (C=O) groups is 2. The summed E-state index contributed by atoms with van der Waals surface area (Å²) in [5.41, 5.74) is 3.49. The van der Waals surface area contributed by atoms with Crippen molar-refractivity contribution in [1.82, 2.24) is 0 Å². The number of ether oxygens (including phenoxy) is 1. The Balaban J connectivity index is 2.33. The zero-order valence-electron chi connectivity index (χ0n) is 9.70. The Morgan fingerprint density at radius 1 is 1.28 bits per heavy atom. The number of rotatable bonds is 6. The van der Waals surface area contributed by atoms with Crippen molar-refractivity contribution in [3.05, 3.63) is 35.9 Å². The summed E-state index contributed by atoms with van der Waals surface area (Å²) in [6, 6.07) is 9.05. The van der Waals surface area contributed by atoms with E-state index in [9.17, 15) is 14.7 Å². The van der Waals surface area contributed by atoms with E-state index in [1.165, 1.54) is 0 Å². The molecule has 0 aliphatic heterocycles. The zero-order chi connectivity index (χ0) is 13.6. The van der Waals surface area contributed by atoms with Crippen LogP contribution in [0.3, 0.4) is 0 Å². The van der Waals surface area contributed by atoms with Crippen molar-refractivity contribution in [2.75, 3.05) is 0 Å². The Hall–Kier alpha value is -1.92. The summed E-state index contributed by atoms with van der Waals surface area (Å²) in [4.78, 5) is 21.8. The van der Waals surface area contributed by atoms with Crippen LogP contribution in [0.5, 0.6) is 0 Å². The number of aliphatic hydroxyl groups is 1. The number of benzene rings is 1. The van der Waals surface area contributed by atoms with Crippen LogP contribution < -0.4 is 5.73 Å². The number of carbonyl (C=O) groups excluding carboxylic acids is 1. The molecule has 0 saturated heterocycles. The third kappa shape index (κ3) is 4.52. The second kappa shape index (κ2) is 6.13. The van der Waals surface area contributed by atoms with E-state index in [1.54, 1.807) is 12.1 Å². The number of hydrogen-bond acceptors (Lipinski definition) is 5. The second-order valence-corrected chi connectivity index (χ2v) is 3.88. The van der Waals surface area contributed by atoms with Gasteiger partial charge in [0.2, 0.25) is 5.72 Å². The highest BCUT2D eigenvalue weighted by Crippen LogP contribution is 2.08. The Bertz CT molecular complexity index is 416. The molecule has 0 unspecified atom stereocenters. The molecule has 1 atom stereocenters. The number of esters is 1. The van der Waals surface area contributed by atoms with E-state index in [0.29, 0.717) is 0 Å². The predicted molar refractivity (Wildman–Crippen MR) is 62.2 cm³/mol. The van der Waals surface area contributed by atoms with Gasteiger partial charge in [-0.1, -0.05) is 30.3 Å². The average molecular weight is 253 g/mol. The lowest BCUT2D eigenvalue weighted by Gasteiger charge is -2.16. The normalized spacial score (nSPS) is 13.7. The zero-order valence-corrected chi connectivity index (χ0v) is 9.70. The molecule has 0 aliphatic carbocycles. The summed E-state index contributed by atoms with van der Waals surface area (Å²) in [7, 11) is 0. The monoisotopic (exact) mass is 253 g/mol. The van der Waals surface area contributed by atoms with E-state index < -0.39 is 24.1 Å². The van der Waals surface area contributed by atoms with Crippen molar-refractivity contribution in [1.29, 1.82) is 0 Å². The van der Waals surface area contributed by atoms with Gasteiger partial charge in [-0.2, -0.15) is 0 Å². The quantitative estimate of drug-likeness (QED) is 0.495. The molecule has 1 aromatic carbocycles. The van der Waals surface area contributed by atoms with Crippen LogP contribution >= 0.6 is 0 Å². The van der Waals surface area contributed by atoms with Gasteiger partial charge < -0.3 is 14.9 Å². The largest absolute Gasteiger partial charge is 0.478 e. The SMILES string of the molecule is N[C@@](O)(CCC(=O)OCc1ccccc1)C(=O)O. The van der Waals surface area contributed by atoms with Crippen LogP contribution in [0.4, 0.5) is 0 Å². The molecule has 0 spiro atoms. The maximum absolute atomic E-state index is 11.3. The average Bonchev–Trinajstić information content (AvgIpc) is 2.35. The molecule has 1 aromatic rings. The fourth-order valence-corrected chi connectivity index (χ4v) is 1.21. The molecule has 0 fully saturated rings. The summed E-state index contributed by atoms with van der Waals surface area (Å²) in [5, 5.41) is 17.7. The lowest BCUT2D eigenvalue weighted by molar-refractivity contribution is -0.160. The lowest BCUT2D eigenvalue weighted by atomic mass is 10.1. The molecule has 6 heteroatoms. The Kier molecular flexibility index (Phi) is 4.82. The third-order valence-corrected chi connectivity index (χ3v) is 2.32. The number of nitrogens with two attached hydrogens (primary N) is 1. The molecular formula is C12H15NO5. The number of hydrogen-bond donors (Lipinski definition) is 3. The van der Waals surface area contributed by atoms with Gasteiger partial charge in [0.05, 0.1) is 6.42 Å². The van der Waals surface area contributed by atoms with Gasteiger partial charge in [0.1, 0.15) is 6.61 Å². The summed E-state index contributed by atoms with van der Waals surface area (Å²) in [5.74, 6) is -2.18. The van der Waals surface area contributed by atoms with Gasteiger partial charge in [0, 0.05) is 6.42 Å². The van der Waals surface area contributed by atoms with Crippen LogP contribution in [0, 0.1) is 0 Å². The van der Waals surface area contributed by atoms with E-state index in [2.05, 4.69) is 0 Å². The summed E-state index contributed by atoms with van der Waals surface area (Å²) in [6.07, 6.45) is -0.651. The van der Waals surface area contributed by atoms with Crippen molar-refractivity contribution in [2.24, 2.45) is 5.73 Å². The molecule has 0 bridgehead atoms. The Morgan fingerprint density at radius 3 is 2.44 bits per heavy atom. The number of aliphatic carboxylic acids is 1. The minimum atomic E-state index is -2.40. The summed E-state index contributed by atoms with van der Waals surface area (Å²) >= 11 is 0. The first-order valence-corrected chi connectivity index (χ1v) is 5.36. The van der Waals surface area contributed by atoms with Gasteiger partial charge in [-0.15, -0.1) is 0 Å². The second-order valence-electron chi connectivity index (χ2n) is 3.88. The molecule has 0 aliphatic rings. The van der Waals surface area contributed by atoms with E-state index in [4.69, 9.17) is 15.6 Å². The molecule has 4 N–H and O–H groups in total. The van der Waals surface area contributed by atoms with Crippen LogP contribution in [0.2, 0.25) is 0 Å². The number of carboxylic acid groups (broad SMARTS) is 1. The van der Waals surface area contributed by atoms with Crippen LogP contribution in [0.15, 0.2) is 30.3 Å². The molecule has 0 amide bonds. The first-order valence-electron chi connectivity index (χ1n) is 5.36. The summed E-state index contributed by atoms with van der Waals surface area (Å²) < 4.78 is 4.90. The highest BCUT2D eigenvalue weighted by Gasteiger charge is 2.31. The van der Waals surface area contributed by atoms with Crippen LogP contribution in [-0.2, 0) is 20.9 Å². The molecule has 0 heterocycles. The highest BCUT2D eigenvalue weighted by atomic mass is 16.5. The highest BCUT2D eigenvalue weighted by molar-refractivity contribution is 5.77. The van der Waals surface area contributed by atoms with Gasteiger partial charge in [0.15, 0.2) is 0 Å². The lowest BCUT2D eigenvalue weighted by Crippen LogP contribution is -2.48. The van der Waals surface area contributed by atoms with Crippen molar-refractivity contribution in [3.8, 4) is 0 Å². The Labute approximate surface area is 104 Å². The molecule has 0 aromatic heterocycles. The van der Waals surface area contributed by atoms with E-state index in [1.807, 2.05) is 18.2 Å². The third-order valence-electron chi connectivity index (χ3n) is 2.32. The van der Waals surface area contributed by atoms with Gasteiger partial charge in [-0.25, -0.2) is 4.79 Å². The fourth-order valence-electron chi connectivity index (χ4n) is 1.21.